The molecule has 42 heavy (non-hydrogen) atoms. The predicted molar refractivity (Wildman–Crippen MR) is 165 cm³/mol. The van der Waals surface area contributed by atoms with Crippen LogP contribution in [0.5, 0.6) is 11.5 Å². The van der Waals surface area contributed by atoms with Gasteiger partial charge in [0, 0.05) is 12.2 Å². The first kappa shape index (κ1) is 26.9. The molecule has 2 aliphatic carbocycles. The number of carbonyl (C=O) groups is 2. The number of anilines is 3. The van der Waals surface area contributed by atoms with Crippen molar-refractivity contribution in [2.75, 3.05) is 10.2 Å². The Morgan fingerprint density at radius 1 is 1.10 bits per heavy atom. The Balaban J connectivity index is 1.15. The first-order valence-corrected chi connectivity index (χ1v) is 15.5. The number of aryl methyl sites for hydroxylation is 1. The molecule has 1 aliphatic heterocycles. The summed E-state index contributed by atoms with van der Waals surface area (Å²) < 4.78 is 5.99. The van der Waals surface area contributed by atoms with Crippen molar-refractivity contribution in [2.45, 2.75) is 64.0 Å². The van der Waals surface area contributed by atoms with Crippen LogP contribution in [0.4, 0.5) is 21.9 Å². The zero-order chi connectivity index (χ0) is 29.0. The number of benzene rings is 2. The normalized spacial score (nSPS) is 24.8. The van der Waals surface area contributed by atoms with Gasteiger partial charge in [0.25, 0.3) is 5.91 Å². The summed E-state index contributed by atoms with van der Waals surface area (Å²) in [6, 6.07) is 16.8. The predicted octanol–water partition coefficient (Wildman–Crippen LogP) is 7.53. The maximum atomic E-state index is 13.6. The number of aliphatic hydroxyl groups is 1. The Bertz CT molecular complexity index is 1670. The van der Waals surface area contributed by atoms with E-state index in [-0.39, 0.29) is 18.0 Å². The number of amides is 3. The summed E-state index contributed by atoms with van der Waals surface area (Å²) in [5.41, 5.74) is 2.25. The van der Waals surface area contributed by atoms with Crippen molar-refractivity contribution in [3.63, 3.8) is 0 Å². The molecule has 2 aromatic heterocycles. The second-order valence-corrected chi connectivity index (χ2v) is 13.0. The lowest BCUT2D eigenvalue weighted by molar-refractivity contribution is -0.0583. The van der Waals surface area contributed by atoms with Crippen LogP contribution >= 0.6 is 11.3 Å². The highest BCUT2D eigenvalue weighted by Gasteiger charge is 2.43. The molecule has 0 saturated heterocycles. The maximum absolute atomic E-state index is 13.6. The monoisotopic (exact) mass is 582 g/mol. The topological polar surface area (TPSA) is 104 Å². The number of rotatable bonds is 6. The Morgan fingerprint density at radius 3 is 2.57 bits per heavy atom. The average Bonchev–Trinajstić information content (AvgIpc) is 3.33. The number of hydrogen-bond donors (Lipinski definition) is 3. The third-order valence-electron chi connectivity index (χ3n) is 9.07. The summed E-state index contributed by atoms with van der Waals surface area (Å²) >= 11 is 1.31. The van der Waals surface area contributed by atoms with Crippen molar-refractivity contribution in [1.82, 2.24) is 10.3 Å². The van der Waals surface area contributed by atoms with Crippen LogP contribution in [-0.4, -0.2) is 33.7 Å². The third-order valence-corrected chi connectivity index (χ3v) is 10.2. The first-order valence-electron chi connectivity index (χ1n) is 14.7. The van der Waals surface area contributed by atoms with Crippen LogP contribution in [0.25, 0.3) is 10.2 Å². The van der Waals surface area contributed by atoms with Gasteiger partial charge in [-0.25, -0.2) is 9.78 Å². The van der Waals surface area contributed by atoms with E-state index in [1.807, 2.05) is 61.5 Å². The van der Waals surface area contributed by atoms with Gasteiger partial charge < -0.3 is 20.5 Å². The van der Waals surface area contributed by atoms with E-state index in [4.69, 9.17) is 4.74 Å². The minimum Gasteiger partial charge on any atom is -0.457 e. The maximum Gasteiger partial charge on any atom is 0.331 e. The fraction of sp³-hybridized carbons (Fsp3) is 0.364. The number of hydrogen-bond acceptors (Lipinski definition) is 6. The number of pyridine rings is 1. The van der Waals surface area contributed by atoms with Gasteiger partial charge in [-0.05, 0) is 99.2 Å². The largest absolute Gasteiger partial charge is 0.457 e. The minimum absolute atomic E-state index is 0.0579. The molecular weight excluding hydrogens is 548 g/mol. The average molecular weight is 583 g/mol. The van der Waals surface area contributed by atoms with Crippen LogP contribution in [0.2, 0.25) is 0 Å². The highest BCUT2D eigenvalue weighted by Crippen LogP contribution is 2.48. The van der Waals surface area contributed by atoms with Crippen molar-refractivity contribution >= 4 is 50.6 Å². The lowest BCUT2D eigenvalue weighted by Gasteiger charge is -2.46. The van der Waals surface area contributed by atoms with E-state index >= 15 is 0 Å². The summed E-state index contributed by atoms with van der Waals surface area (Å²) in [5.74, 6) is 2.08. The van der Waals surface area contributed by atoms with E-state index in [9.17, 15) is 14.7 Å². The molecule has 4 atom stereocenters. The molecule has 0 radical (unpaired) electrons. The van der Waals surface area contributed by atoms with Crippen LogP contribution in [0.3, 0.4) is 0 Å². The van der Waals surface area contributed by atoms with Crippen LogP contribution in [0, 0.1) is 18.8 Å². The molecule has 3 N–H and O–H groups in total. The summed E-state index contributed by atoms with van der Waals surface area (Å²) in [6.45, 7) is 4.00. The molecule has 3 heterocycles. The van der Waals surface area contributed by atoms with Crippen molar-refractivity contribution < 1.29 is 19.4 Å². The molecule has 8 nitrogen and oxygen atoms in total. The zero-order valence-corrected chi connectivity index (χ0v) is 24.5. The molecule has 2 aromatic carbocycles. The first-order chi connectivity index (χ1) is 20.3. The van der Waals surface area contributed by atoms with E-state index in [1.54, 1.807) is 11.1 Å². The lowest BCUT2D eigenvalue weighted by atomic mass is 9.64. The van der Waals surface area contributed by atoms with Crippen molar-refractivity contribution in [3.8, 4) is 11.5 Å². The highest BCUT2D eigenvalue weighted by molar-refractivity contribution is 7.21. The van der Waals surface area contributed by atoms with Gasteiger partial charge >= 0.3 is 6.03 Å². The molecule has 3 amide bonds. The molecule has 9 heteroatoms. The van der Waals surface area contributed by atoms with Crippen LogP contribution in [-0.2, 0) is 0 Å². The molecule has 2 saturated carbocycles. The number of urea groups is 1. The van der Waals surface area contributed by atoms with Crippen LogP contribution in [0.1, 0.15) is 60.7 Å². The standard InChI is InChI=1S/C33H34N4O4S/c1-3-33(40)17-20-14-21(18-33)16-22(15-20)35-30(38)29-28-27-26(11-12-34-31(27)42-29)37(32(39)36-28)25-10-9-24(13-19(25)2)41-23-7-5-4-6-8-23/h4-13,20-22,40H,3,14-18H2,1-2H3,(H,35,38)(H,36,39)/t20-,21+,22+,33-. The molecule has 4 aromatic rings. The molecule has 7 rings (SSSR count). The van der Waals surface area contributed by atoms with Gasteiger partial charge in [0.2, 0.25) is 0 Å². The summed E-state index contributed by atoms with van der Waals surface area (Å²) in [5, 5.41) is 17.9. The molecule has 216 valence electrons. The highest BCUT2D eigenvalue weighted by atomic mass is 32.1. The molecular formula is C33H34N4O4S. The van der Waals surface area contributed by atoms with E-state index in [0.29, 0.717) is 38.7 Å². The molecule has 2 bridgehead atoms. The van der Waals surface area contributed by atoms with Crippen molar-refractivity contribution in [1.29, 1.82) is 0 Å². The van der Waals surface area contributed by atoms with E-state index in [0.717, 1.165) is 60.9 Å². The smallest absolute Gasteiger partial charge is 0.331 e. The molecule has 0 unspecified atom stereocenters. The number of aromatic nitrogens is 1. The van der Waals surface area contributed by atoms with Gasteiger partial charge in [0.15, 0.2) is 0 Å². The number of fused-ring (bicyclic) bond motifs is 2. The van der Waals surface area contributed by atoms with Gasteiger partial charge in [-0.2, -0.15) is 0 Å². The lowest BCUT2D eigenvalue weighted by Crippen LogP contribution is -2.48. The Morgan fingerprint density at radius 2 is 1.86 bits per heavy atom. The molecule has 0 spiro atoms. The Hall–Kier alpha value is -3.95. The van der Waals surface area contributed by atoms with Gasteiger partial charge in [0.05, 0.1) is 28.0 Å². The second kappa shape index (κ2) is 10.4. The fourth-order valence-corrected chi connectivity index (χ4v) is 8.29. The number of nitrogens with zero attached hydrogens (tertiary/aromatic N) is 2. The number of carbonyl (C=O) groups excluding carboxylic acids is 2. The SMILES string of the molecule is CC[C@@]1(O)C[C@@H]2C[C@@H](C[C@@H](NC(=O)c3sc4nccc5c4c3NC(=O)N5c3ccc(Oc4ccccc4)cc3C)C2)C1. The summed E-state index contributed by atoms with van der Waals surface area (Å²) in [7, 11) is 0. The second-order valence-electron chi connectivity index (χ2n) is 12.0. The molecule has 3 aliphatic rings. The number of ether oxygens (including phenoxy) is 1. The molecule has 2 fully saturated rings. The Kier molecular flexibility index (Phi) is 6.66. The van der Waals surface area contributed by atoms with E-state index < -0.39 is 5.60 Å². The summed E-state index contributed by atoms with van der Waals surface area (Å²) in [6.07, 6.45) is 6.94. The fourth-order valence-electron chi connectivity index (χ4n) is 7.26. The van der Waals surface area contributed by atoms with Gasteiger partial charge in [-0.15, -0.1) is 11.3 Å². The van der Waals surface area contributed by atoms with Crippen LogP contribution < -0.4 is 20.3 Å². The van der Waals surface area contributed by atoms with Crippen molar-refractivity contribution in [2.24, 2.45) is 11.8 Å². The van der Waals surface area contributed by atoms with Gasteiger partial charge in [-0.3, -0.25) is 9.69 Å². The zero-order valence-electron chi connectivity index (χ0n) is 23.7. The van der Waals surface area contributed by atoms with Crippen molar-refractivity contribution in [3.05, 3.63) is 71.2 Å². The van der Waals surface area contributed by atoms with E-state index in [2.05, 4.69) is 22.5 Å². The van der Waals surface area contributed by atoms with Gasteiger partial charge in [-0.1, -0.05) is 25.1 Å². The summed E-state index contributed by atoms with van der Waals surface area (Å²) in [4.78, 5) is 34.6. The van der Waals surface area contributed by atoms with Gasteiger partial charge in [0.1, 0.15) is 21.2 Å². The number of thiophene rings is 1. The van der Waals surface area contributed by atoms with Crippen LogP contribution in [0.15, 0.2) is 60.8 Å². The number of nitrogens with one attached hydrogen (secondary N) is 2. The minimum atomic E-state index is -0.565. The Labute approximate surface area is 248 Å². The number of para-hydroxylation sites is 1. The quantitative estimate of drug-likeness (QED) is 0.218. The van der Waals surface area contributed by atoms with E-state index in [1.165, 1.54) is 11.3 Å². The third kappa shape index (κ3) is 4.80.